The molecule has 1 atom stereocenters. The Morgan fingerprint density at radius 3 is 2.86 bits per heavy atom. The summed E-state index contributed by atoms with van der Waals surface area (Å²) in [5, 5.41) is 3.00. The summed E-state index contributed by atoms with van der Waals surface area (Å²) in [6.07, 6.45) is 5.83. The quantitative estimate of drug-likeness (QED) is 0.927. The van der Waals surface area contributed by atoms with Crippen molar-refractivity contribution in [2.24, 2.45) is 5.92 Å². The van der Waals surface area contributed by atoms with Gasteiger partial charge in [0.1, 0.15) is 0 Å². The lowest BCUT2D eigenvalue weighted by molar-refractivity contribution is -0.125. The molecule has 1 aliphatic heterocycles. The fraction of sp³-hybridized carbons (Fsp3) is 0.647. The molecule has 2 aliphatic rings. The number of fused-ring (bicyclic) bond motifs is 1. The number of carbonyl (C=O) groups is 2. The maximum Gasteiger partial charge on any atom is 0.263 e. The second-order valence-electron chi connectivity index (χ2n) is 6.29. The van der Waals surface area contributed by atoms with Gasteiger partial charge in [0, 0.05) is 30.4 Å². The number of hydrogen-bond donors (Lipinski definition) is 1. The van der Waals surface area contributed by atoms with Crippen LogP contribution in [0.4, 0.5) is 0 Å². The lowest BCUT2D eigenvalue weighted by Gasteiger charge is -2.21. The number of thiophene rings is 1. The molecule has 4 nitrogen and oxygen atoms in total. The second kappa shape index (κ2) is 6.82. The first-order valence-electron chi connectivity index (χ1n) is 8.37. The summed E-state index contributed by atoms with van der Waals surface area (Å²) >= 11 is 1.64. The molecule has 1 aromatic rings. The van der Waals surface area contributed by atoms with Crippen LogP contribution in [0.3, 0.4) is 0 Å². The van der Waals surface area contributed by atoms with Gasteiger partial charge in [0.2, 0.25) is 5.91 Å². The van der Waals surface area contributed by atoms with Crippen molar-refractivity contribution in [3.63, 3.8) is 0 Å². The molecular weight excluding hydrogens is 296 g/mol. The van der Waals surface area contributed by atoms with Gasteiger partial charge in [-0.05, 0) is 50.2 Å². The van der Waals surface area contributed by atoms with E-state index in [-0.39, 0.29) is 17.7 Å². The van der Waals surface area contributed by atoms with Crippen LogP contribution in [0, 0.1) is 5.92 Å². The minimum absolute atomic E-state index is 0.0726. The largest absolute Gasteiger partial charge is 0.356 e. The van der Waals surface area contributed by atoms with Crippen LogP contribution in [0.25, 0.3) is 0 Å². The van der Waals surface area contributed by atoms with E-state index in [1.54, 1.807) is 11.3 Å². The van der Waals surface area contributed by atoms with Gasteiger partial charge in [-0.15, -0.1) is 11.3 Å². The topological polar surface area (TPSA) is 49.4 Å². The van der Waals surface area contributed by atoms with Crippen LogP contribution in [0.1, 0.15) is 52.7 Å². The van der Waals surface area contributed by atoms with E-state index >= 15 is 0 Å². The van der Waals surface area contributed by atoms with Gasteiger partial charge >= 0.3 is 0 Å². The Labute approximate surface area is 135 Å². The summed E-state index contributed by atoms with van der Waals surface area (Å²) in [4.78, 5) is 28.7. The molecular formula is C17H24N2O2S. The van der Waals surface area contributed by atoms with Crippen molar-refractivity contribution in [1.82, 2.24) is 10.2 Å². The summed E-state index contributed by atoms with van der Waals surface area (Å²) in [5.74, 6) is 0.429. The second-order valence-corrected chi connectivity index (χ2v) is 7.43. The third-order valence-electron chi connectivity index (χ3n) is 4.61. The van der Waals surface area contributed by atoms with Gasteiger partial charge in [0.25, 0.3) is 5.91 Å². The number of hydrogen-bond acceptors (Lipinski definition) is 3. The van der Waals surface area contributed by atoms with E-state index in [4.69, 9.17) is 0 Å². The zero-order valence-corrected chi connectivity index (χ0v) is 14.0. The zero-order valence-electron chi connectivity index (χ0n) is 13.2. The van der Waals surface area contributed by atoms with E-state index < -0.39 is 0 Å². The number of nitrogens with zero attached hydrogens (tertiary/aromatic N) is 1. The molecule has 0 spiro atoms. The molecule has 0 saturated carbocycles. The minimum atomic E-state index is 0.0726. The van der Waals surface area contributed by atoms with Gasteiger partial charge in [-0.1, -0.05) is 6.92 Å². The SMILES string of the molecule is CCCNC(=O)[C@H]1CCc2sc(C(=O)N3CCCC3)cc2C1. The van der Waals surface area contributed by atoms with Gasteiger partial charge in [0.15, 0.2) is 0 Å². The minimum Gasteiger partial charge on any atom is -0.356 e. The van der Waals surface area contributed by atoms with Crippen molar-refractivity contribution < 1.29 is 9.59 Å². The predicted molar refractivity (Wildman–Crippen MR) is 88.3 cm³/mol. The fourth-order valence-electron chi connectivity index (χ4n) is 3.32. The molecule has 1 aromatic heterocycles. The summed E-state index contributed by atoms with van der Waals surface area (Å²) < 4.78 is 0. The van der Waals surface area contributed by atoms with Crippen LogP contribution in [-0.2, 0) is 17.6 Å². The number of aryl methyl sites for hydroxylation is 1. The average Bonchev–Trinajstić information content (AvgIpc) is 3.19. The van der Waals surface area contributed by atoms with Crippen molar-refractivity contribution in [2.45, 2.75) is 45.4 Å². The van der Waals surface area contributed by atoms with E-state index in [0.717, 1.165) is 63.0 Å². The standard InChI is InChI=1S/C17H24N2O2S/c1-2-7-18-16(20)12-5-6-14-13(10-12)11-15(22-14)17(21)19-8-3-4-9-19/h11-12H,2-10H2,1H3,(H,18,20)/t12-/m0/s1. The third kappa shape index (κ3) is 3.19. The first-order chi connectivity index (χ1) is 10.7. The van der Waals surface area contributed by atoms with E-state index in [2.05, 4.69) is 12.2 Å². The molecule has 2 heterocycles. The Kier molecular flexibility index (Phi) is 4.81. The predicted octanol–water partition coefficient (Wildman–Crippen LogP) is 2.62. The molecule has 22 heavy (non-hydrogen) atoms. The maximum absolute atomic E-state index is 12.5. The van der Waals surface area contributed by atoms with Crippen molar-refractivity contribution in [2.75, 3.05) is 19.6 Å². The molecule has 5 heteroatoms. The zero-order chi connectivity index (χ0) is 15.5. The van der Waals surface area contributed by atoms with Crippen LogP contribution in [-0.4, -0.2) is 36.3 Å². The monoisotopic (exact) mass is 320 g/mol. The lowest BCUT2D eigenvalue weighted by atomic mass is 9.87. The van der Waals surface area contributed by atoms with Crippen molar-refractivity contribution >= 4 is 23.2 Å². The summed E-state index contributed by atoms with van der Waals surface area (Å²) in [5.41, 5.74) is 1.22. The van der Waals surface area contributed by atoms with Gasteiger partial charge in [-0.25, -0.2) is 0 Å². The van der Waals surface area contributed by atoms with Crippen molar-refractivity contribution in [3.05, 3.63) is 21.4 Å². The highest BCUT2D eigenvalue weighted by molar-refractivity contribution is 7.14. The summed E-state index contributed by atoms with van der Waals surface area (Å²) in [7, 11) is 0. The molecule has 1 N–H and O–H groups in total. The van der Waals surface area contributed by atoms with Crippen LogP contribution in [0.15, 0.2) is 6.07 Å². The number of likely N-dealkylation sites (tertiary alicyclic amines) is 1. The number of rotatable bonds is 4. The molecule has 1 saturated heterocycles. The molecule has 0 unspecified atom stereocenters. The fourth-order valence-corrected chi connectivity index (χ4v) is 4.50. The maximum atomic E-state index is 12.5. The molecule has 3 rings (SSSR count). The first kappa shape index (κ1) is 15.5. The third-order valence-corrected chi connectivity index (χ3v) is 5.83. The molecule has 2 amide bonds. The van der Waals surface area contributed by atoms with Crippen LogP contribution < -0.4 is 5.32 Å². The first-order valence-corrected chi connectivity index (χ1v) is 9.19. The van der Waals surface area contributed by atoms with Crippen LogP contribution >= 0.6 is 11.3 Å². The Hall–Kier alpha value is -1.36. The Bertz CT molecular complexity index is 561. The van der Waals surface area contributed by atoms with E-state index in [1.807, 2.05) is 11.0 Å². The molecule has 0 radical (unpaired) electrons. The molecule has 0 bridgehead atoms. The van der Waals surface area contributed by atoms with E-state index in [1.165, 1.54) is 10.4 Å². The Morgan fingerprint density at radius 2 is 2.14 bits per heavy atom. The van der Waals surface area contributed by atoms with Gasteiger partial charge in [-0.2, -0.15) is 0 Å². The summed E-state index contributed by atoms with van der Waals surface area (Å²) in [6.45, 7) is 4.60. The van der Waals surface area contributed by atoms with Gasteiger partial charge < -0.3 is 10.2 Å². The molecule has 120 valence electrons. The van der Waals surface area contributed by atoms with E-state index in [9.17, 15) is 9.59 Å². The van der Waals surface area contributed by atoms with E-state index in [0.29, 0.717) is 0 Å². The molecule has 0 aromatic carbocycles. The number of nitrogens with one attached hydrogen (secondary N) is 1. The number of carbonyl (C=O) groups excluding carboxylic acids is 2. The highest BCUT2D eigenvalue weighted by Crippen LogP contribution is 2.33. The average molecular weight is 320 g/mol. The van der Waals surface area contributed by atoms with Crippen LogP contribution in [0.2, 0.25) is 0 Å². The Morgan fingerprint density at radius 1 is 1.36 bits per heavy atom. The summed E-state index contributed by atoms with van der Waals surface area (Å²) in [6, 6.07) is 2.04. The van der Waals surface area contributed by atoms with Gasteiger partial charge in [-0.3, -0.25) is 9.59 Å². The number of amides is 2. The molecule has 1 fully saturated rings. The lowest BCUT2D eigenvalue weighted by Crippen LogP contribution is -2.34. The highest BCUT2D eigenvalue weighted by Gasteiger charge is 2.28. The van der Waals surface area contributed by atoms with Crippen molar-refractivity contribution in [1.29, 1.82) is 0 Å². The normalized spacial score (nSPS) is 20.8. The highest BCUT2D eigenvalue weighted by atomic mass is 32.1. The smallest absolute Gasteiger partial charge is 0.263 e. The van der Waals surface area contributed by atoms with Crippen molar-refractivity contribution in [3.8, 4) is 0 Å². The van der Waals surface area contributed by atoms with Gasteiger partial charge in [0.05, 0.1) is 4.88 Å². The van der Waals surface area contributed by atoms with Crippen LogP contribution in [0.5, 0.6) is 0 Å². The Balaban J connectivity index is 1.67. The molecule has 1 aliphatic carbocycles.